The molecule has 1 heterocycles. The molecule has 22 heavy (non-hydrogen) atoms. The van der Waals surface area contributed by atoms with Gasteiger partial charge in [-0.3, -0.25) is 4.79 Å². The summed E-state index contributed by atoms with van der Waals surface area (Å²) >= 11 is 0. The zero-order chi connectivity index (χ0) is 16.1. The number of methoxy groups -OCH3 is 2. The molecule has 0 atom stereocenters. The number of amides is 1. The molecule has 118 valence electrons. The Morgan fingerprint density at radius 1 is 1.27 bits per heavy atom. The van der Waals surface area contributed by atoms with Crippen molar-refractivity contribution in [1.29, 1.82) is 0 Å². The first kappa shape index (κ1) is 15.9. The standard InChI is InChI=1S/C16H21N3O3/c1-11(2)19-15(7-8-17-19)18-16(20)10-12-9-13(21-3)5-6-14(12)22-4/h5-9,11H,10H2,1-4H3,(H,18,20). The molecule has 1 N–H and O–H groups in total. The number of nitrogens with zero attached hydrogens (tertiary/aromatic N) is 2. The molecular weight excluding hydrogens is 282 g/mol. The monoisotopic (exact) mass is 303 g/mol. The van der Waals surface area contributed by atoms with Gasteiger partial charge in [0.2, 0.25) is 5.91 Å². The van der Waals surface area contributed by atoms with E-state index in [1.807, 2.05) is 13.8 Å². The van der Waals surface area contributed by atoms with E-state index in [-0.39, 0.29) is 18.4 Å². The zero-order valence-corrected chi connectivity index (χ0v) is 13.3. The van der Waals surface area contributed by atoms with Crippen molar-refractivity contribution in [2.45, 2.75) is 26.3 Å². The number of anilines is 1. The summed E-state index contributed by atoms with van der Waals surface area (Å²) in [5.41, 5.74) is 0.773. The lowest BCUT2D eigenvalue weighted by molar-refractivity contribution is -0.115. The first-order valence-electron chi connectivity index (χ1n) is 7.09. The maximum absolute atomic E-state index is 12.3. The van der Waals surface area contributed by atoms with E-state index in [9.17, 15) is 4.79 Å². The molecule has 0 fully saturated rings. The number of hydrogen-bond donors (Lipinski definition) is 1. The molecule has 6 nitrogen and oxygen atoms in total. The van der Waals surface area contributed by atoms with Crippen molar-refractivity contribution in [2.24, 2.45) is 0 Å². The van der Waals surface area contributed by atoms with E-state index in [2.05, 4.69) is 10.4 Å². The van der Waals surface area contributed by atoms with Crippen molar-refractivity contribution >= 4 is 11.7 Å². The number of benzene rings is 1. The minimum Gasteiger partial charge on any atom is -0.497 e. The molecule has 0 saturated carbocycles. The lowest BCUT2D eigenvalue weighted by Crippen LogP contribution is -2.18. The maximum Gasteiger partial charge on any atom is 0.230 e. The summed E-state index contributed by atoms with van der Waals surface area (Å²) in [6.07, 6.45) is 1.87. The summed E-state index contributed by atoms with van der Waals surface area (Å²) in [6.45, 7) is 4.02. The molecule has 0 radical (unpaired) electrons. The highest BCUT2D eigenvalue weighted by atomic mass is 16.5. The molecule has 6 heteroatoms. The summed E-state index contributed by atoms with van der Waals surface area (Å²) in [5.74, 6) is 1.90. The van der Waals surface area contributed by atoms with Gasteiger partial charge in [-0.15, -0.1) is 0 Å². The van der Waals surface area contributed by atoms with Crippen molar-refractivity contribution < 1.29 is 14.3 Å². The van der Waals surface area contributed by atoms with Crippen molar-refractivity contribution in [3.8, 4) is 11.5 Å². The van der Waals surface area contributed by atoms with Gasteiger partial charge in [0.1, 0.15) is 17.3 Å². The minimum absolute atomic E-state index is 0.131. The molecule has 1 amide bonds. The molecule has 2 aromatic rings. The highest BCUT2D eigenvalue weighted by Crippen LogP contribution is 2.24. The highest BCUT2D eigenvalue weighted by molar-refractivity contribution is 5.91. The van der Waals surface area contributed by atoms with Crippen LogP contribution in [0.15, 0.2) is 30.5 Å². The zero-order valence-electron chi connectivity index (χ0n) is 13.3. The van der Waals surface area contributed by atoms with E-state index in [1.54, 1.807) is 49.4 Å². The lowest BCUT2D eigenvalue weighted by atomic mass is 10.1. The summed E-state index contributed by atoms with van der Waals surface area (Å²) in [4.78, 5) is 12.3. The van der Waals surface area contributed by atoms with Crippen LogP contribution in [0.3, 0.4) is 0 Å². The molecule has 1 aromatic heterocycles. The van der Waals surface area contributed by atoms with Crippen LogP contribution >= 0.6 is 0 Å². The fourth-order valence-electron chi connectivity index (χ4n) is 2.20. The Morgan fingerprint density at radius 3 is 2.68 bits per heavy atom. The van der Waals surface area contributed by atoms with E-state index in [4.69, 9.17) is 9.47 Å². The first-order chi connectivity index (χ1) is 10.5. The second kappa shape index (κ2) is 6.98. The Kier molecular flexibility index (Phi) is 5.04. The van der Waals surface area contributed by atoms with Gasteiger partial charge in [-0.2, -0.15) is 5.10 Å². The van der Waals surface area contributed by atoms with Gasteiger partial charge in [0.05, 0.1) is 26.8 Å². The number of aromatic nitrogens is 2. The Bertz CT molecular complexity index is 650. The van der Waals surface area contributed by atoms with Crippen LogP contribution in [0, 0.1) is 0 Å². The molecule has 0 bridgehead atoms. The molecule has 0 aliphatic rings. The maximum atomic E-state index is 12.3. The molecule has 0 unspecified atom stereocenters. The highest BCUT2D eigenvalue weighted by Gasteiger charge is 2.13. The minimum atomic E-state index is -0.131. The quantitative estimate of drug-likeness (QED) is 0.891. The fraction of sp³-hybridized carbons (Fsp3) is 0.375. The number of ether oxygens (including phenoxy) is 2. The van der Waals surface area contributed by atoms with E-state index in [1.165, 1.54) is 0 Å². The van der Waals surface area contributed by atoms with Gasteiger partial charge in [0, 0.05) is 17.7 Å². The van der Waals surface area contributed by atoms with E-state index >= 15 is 0 Å². The molecule has 0 aliphatic carbocycles. The Labute approximate surface area is 130 Å². The average molecular weight is 303 g/mol. The van der Waals surface area contributed by atoms with Gasteiger partial charge in [0.15, 0.2) is 0 Å². The largest absolute Gasteiger partial charge is 0.497 e. The van der Waals surface area contributed by atoms with Crippen LogP contribution in [0.2, 0.25) is 0 Å². The Morgan fingerprint density at radius 2 is 2.05 bits per heavy atom. The van der Waals surface area contributed by atoms with E-state index in [0.29, 0.717) is 17.3 Å². The number of nitrogens with one attached hydrogen (secondary N) is 1. The van der Waals surface area contributed by atoms with Crippen molar-refractivity contribution in [3.63, 3.8) is 0 Å². The third-order valence-electron chi connectivity index (χ3n) is 3.27. The number of carbonyl (C=O) groups excluding carboxylic acids is 1. The first-order valence-corrected chi connectivity index (χ1v) is 7.09. The molecule has 0 aliphatic heterocycles. The second-order valence-electron chi connectivity index (χ2n) is 5.16. The van der Waals surface area contributed by atoms with E-state index in [0.717, 1.165) is 5.56 Å². The van der Waals surface area contributed by atoms with E-state index < -0.39 is 0 Å². The third-order valence-corrected chi connectivity index (χ3v) is 3.27. The number of rotatable bonds is 6. The van der Waals surface area contributed by atoms with Crippen LogP contribution in [-0.4, -0.2) is 29.9 Å². The van der Waals surface area contributed by atoms with Crippen LogP contribution < -0.4 is 14.8 Å². The molecule has 2 rings (SSSR count). The number of hydrogen-bond acceptors (Lipinski definition) is 4. The average Bonchev–Trinajstić information content (AvgIpc) is 2.95. The lowest BCUT2D eigenvalue weighted by Gasteiger charge is -2.13. The molecule has 0 saturated heterocycles. The molecule has 1 aromatic carbocycles. The van der Waals surface area contributed by atoms with Crippen molar-refractivity contribution in [3.05, 3.63) is 36.0 Å². The smallest absolute Gasteiger partial charge is 0.230 e. The van der Waals surface area contributed by atoms with Crippen LogP contribution in [0.5, 0.6) is 11.5 Å². The fourth-order valence-corrected chi connectivity index (χ4v) is 2.20. The summed E-state index contributed by atoms with van der Waals surface area (Å²) in [6, 6.07) is 7.35. The topological polar surface area (TPSA) is 65.4 Å². The Hall–Kier alpha value is -2.50. The normalized spacial score (nSPS) is 10.6. The molecule has 0 spiro atoms. The summed E-state index contributed by atoms with van der Waals surface area (Å²) in [5, 5.41) is 7.07. The van der Waals surface area contributed by atoms with Crippen LogP contribution in [-0.2, 0) is 11.2 Å². The van der Waals surface area contributed by atoms with Crippen LogP contribution in [0.1, 0.15) is 25.5 Å². The van der Waals surface area contributed by atoms with Crippen LogP contribution in [0.4, 0.5) is 5.82 Å². The SMILES string of the molecule is COc1ccc(OC)c(CC(=O)Nc2ccnn2C(C)C)c1. The van der Waals surface area contributed by atoms with Gasteiger partial charge < -0.3 is 14.8 Å². The third kappa shape index (κ3) is 3.58. The predicted molar refractivity (Wildman–Crippen MR) is 84.5 cm³/mol. The second-order valence-corrected chi connectivity index (χ2v) is 5.16. The summed E-state index contributed by atoms with van der Waals surface area (Å²) < 4.78 is 12.2. The predicted octanol–water partition coefficient (Wildman–Crippen LogP) is 2.66. The van der Waals surface area contributed by atoms with Gasteiger partial charge in [-0.05, 0) is 32.0 Å². The Balaban J connectivity index is 2.13. The van der Waals surface area contributed by atoms with Gasteiger partial charge in [-0.1, -0.05) is 0 Å². The van der Waals surface area contributed by atoms with Gasteiger partial charge >= 0.3 is 0 Å². The molecular formula is C16H21N3O3. The number of carbonyl (C=O) groups is 1. The van der Waals surface area contributed by atoms with Gasteiger partial charge in [-0.25, -0.2) is 4.68 Å². The van der Waals surface area contributed by atoms with Crippen molar-refractivity contribution in [1.82, 2.24) is 9.78 Å². The van der Waals surface area contributed by atoms with Crippen LogP contribution in [0.25, 0.3) is 0 Å². The van der Waals surface area contributed by atoms with Gasteiger partial charge in [0.25, 0.3) is 0 Å². The van der Waals surface area contributed by atoms with Crippen molar-refractivity contribution in [2.75, 3.05) is 19.5 Å². The summed E-state index contributed by atoms with van der Waals surface area (Å²) in [7, 11) is 3.17.